The first-order valence-electron chi connectivity index (χ1n) is 9.63. The first-order chi connectivity index (χ1) is 13.7. The van der Waals surface area contributed by atoms with Crippen molar-refractivity contribution >= 4 is 45.8 Å². The van der Waals surface area contributed by atoms with E-state index in [1.165, 1.54) is 0 Å². The molecule has 2 N–H and O–H groups in total. The Morgan fingerprint density at radius 1 is 1.07 bits per heavy atom. The predicted octanol–water partition coefficient (Wildman–Crippen LogP) is 3.90. The van der Waals surface area contributed by atoms with Crippen LogP contribution in [0.1, 0.15) is 31.1 Å². The molecule has 0 spiro atoms. The summed E-state index contributed by atoms with van der Waals surface area (Å²) in [5, 5.41) is 6.23. The van der Waals surface area contributed by atoms with Crippen molar-refractivity contribution < 1.29 is 14.3 Å². The number of esters is 1. The molecule has 1 aliphatic rings. The van der Waals surface area contributed by atoms with Crippen LogP contribution in [0, 0.1) is 8.99 Å². The molecule has 154 valence electrons. The Morgan fingerprint density at radius 2 is 1.72 bits per heavy atom. The van der Waals surface area contributed by atoms with Crippen LogP contribution in [0.25, 0.3) is 0 Å². The molecular weight excluding hydrogens is 481 g/mol. The van der Waals surface area contributed by atoms with Crippen LogP contribution in [-0.2, 0) is 4.79 Å². The Balaban J connectivity index is 1.64. The van der Waals surface area contributed by atoms with Gasteiger partial charge in [0.2, 0.25) is 0 Å². The van der Waals surface area contributed by atoms with Crippen LogP contribution in [0.4, 0.5) is 11.4 Å². The summed E-state index contributed by atoms with van der Waals surface area (Å²) in [6.07, 6.45) is 0. The van der Waals surface area contributed by atoms with E-state index >= 15 is 0 Å². The van der Waals surface area contributed by atoms with E-state index in [4.69, 9.17) is 4.74 Å². The van der Waals surface area contributed by atoms with Gasteiger partial charge in [-0.1, -0.05) is 0 Å². The lowest BCUT2D eigenvalue weighted by Gasteiger charge is -2.29. The fraction of sp³-hybridized carbons (Fsp3) is 0.364. The lowest BCUT2D eigenvalue weighted by atomic mass is 9.97. The van der Waals surface area contributed by atoms with Gasteiger partial charge in [-0.15, -0.1) is 0 Å². The molecule has 29 heavy (non-hydrogen) atoms. The first-order valence-corrected chi connectivity index (χ1v) is 10.7. The summed E-state index contributed by atoms with van der Waals surface area (Å²) in [4.78, 5) is 27.0. The highest BCUT2D eigenvalue weighted by molar-refractivity contribution is 14.1. The summed E-state index contributed by atoms with van der Waals surface area (Å²) in [7, 11) is 0. The second-order valence-corrected chi connectivity index (χ2v) is 9.18. The van der Waals surface area contributed by atoms with Gasteiger partial charge in [-0.3, -0.25) is 9.59 Å². The van der Waals surface area contributed by atoms with Gasteiger partial charge in [0.25, 0.3) is 5.91 Å². The van der Waals surface area contributed by atoms with Gasteiger partial charge in [-0.2, -0.15) is 0 Å². The van der Waals surface area contributed by atoms with Crippen molar-refractivity contribution in [2.24, 2.45) is 5.41 Å². The van der Waals surface area contributed by atoms with E-state index in [1.807, 2.05) is 45.0 Å². The molecule has 3 rings (SSSR count). The number of ether oxygens (including phenoxy) is 1. The average molecular weight is 507 g/mol. The van der Waals surface area contributed by atoms with E-state index in [0.717, 1.165) is 35.4 Å². The number of halogens is 1. The van der Waals surface area contributed by atoms with E-state index in [9.17, 15) is 9.59 Å². The summed E-state index contributed by atoms with van der Waals surface area (Å²) in [5.74, 6) is 0.0211. The summed E-state index contributed by atoms with van der Waals surface area (Å²) in [6.45, 7) is 9.31. The van der Waals surface area contributed by atoms with Crippen LogP contribution in [-0.4, -0.2) is 38.1 Å². The third-order valence-electron chi connectivity index (χ3n) is 4.62. The summed E-state index contributed by atoms with van der Waals surface area (Å²) >= 11 is 2.10. The summed E-state index contributed by atoms with van der Waals surface area (Å²) < 4.78 is 6.21. The Morgan fingerprint density at radius 3 is 2.31 bits per heavy atom. The molecule has 0 radical (unpaired) electrons. The molecule has 6 nitrogen and oxygen atoms in total. The highest BCUT2D eigenvalue weighted by atomic mass is 127. The zero-order valence-electron chi connectivity index (χ0n) is 16.9. The number of nitrogens with zero attached hydrogens (tertiary/aromatic N) is 1. The van der Waals surface area contributed by atoms with Gasteiger partial charge in [-0.05, 0) is 85.8 Å². The van der Waals surface area contributed by atoms with Gasteiger partial charge in [-0.25, -0.2) is 0 Å². The van der Waals surface area contributed by atoms with Crippen LogP contribution in [0.3, 0.4) is 0 Å². The van der Waals surface area contributed by atoms with Crippen molar-refractivity contribution in [3.63, 3.8) is 0 Å². The largest absolute Gasteiger partial charge is 0.425 e. The second kappa shape index (κ2) is 9.13. The molecular formula is C22H26IN3O3. The van der Waals surface area contributed by atoms with Crippen LogP contribution in [0.5, 0.6) is 5.75 Å². The molecule has 0 aromatic heterocycles. The van der Waals surface area contributed by atoms with E-state index < -0.39 is 5.41 Å². The predicted molar refractivity (Wildman–Crippen MR) is 124 cm³/mol. The van der Waals surface area contributed by atoms with Crippen molar-refractivity contribution in [2.75, 3.05) is 36.4 Å². The van der Waals surface area contributed by atoms with Gasteiger partial charge >= 0.3 is 5.97 Å². The number of piperazine rings is 1. The molecule has 0 saturated carbocycles. The minimum absolute atomic E-state index is 0.174. The van der Waals surface area contributed by atoms with Gasteiger partial charge in [0.05, 0.1) is 8.99 Å². The van der Waals surface area contributed by atoms with E-state index in [0.29, 0.717) is 17.0 Å². The van der Waals surface area contributed by atoms with Crippen LogP contribution in [0.2, 0.25) is 0 Å². The van der Waals surface area contributed by atoms with Crippen LogP contribution >= 0.6 is 22.6 Å². The quantitative estimate of drug-likeness (QED) is 0.373. The van der Waals surface area contributed by atoms with Crippen molar-refractivity contribution in [3.8, 4) is 5.75 Å². The maximum absolute atomic E-state index is 12.6. The topological polar surface area (TPSA) is 70.7 Å². The first kappa shape index (κ1) is 21.6. The lowest BCUT2D eigenvalue weighted by Crippen LogP contribution is -2.43. The number of nitrogens with one attached hydrogen (secondary N) is 2. The Labute approximate surface area is 185 Å². The average Bonchev–Trinajstić information content (AvgIpc) is 2.70. The van der Waals surface area contributed by atoms with Gasteiger partial charge in [0, 0.05) is 43.1 Å². The van der Waals surface area contributed by atoms with Crippen molar-refractivity contribution in [3.05, 3.63) is 51.6 Å². The van der Waals surface area contributed by atoms with Crippen LogP contribution in [0.15, 0.2) is 42.5 Å². The highest BCUT2D eigenvalue weighted by Crippen LogP contribution is 2.27. The highest BCUT2D eigenvalue weighted by Gasteiger charge is 2.24. The third kappa shape index (κ3) is 5.70. The fourth-order valence-electron chi connectivity index (χ4n) is 2.86. The number of benzene rings is 2. The molecule has 7 heteroatoms. The monoisotopic (exact) mass is 507 g/mol. The molecule has 2 aromatic rings. The molecule has 1 heterocycles. The normalized spacial score (nSPS) is 14.4. The summed E-state index contributed by atoms with van der Waals surface area (Å²) in [5.41, 5.74) is 1.80. The molecule has 0 aliphatic carbocycles. The number of carbonyl (C=O) groups excluding carboxylic acids is 2. The molecule has 0 unspecified atom stereocenters. The fourth-order valence-corrected chi connectivity index (χ4v) is 3.49. The minimum Gasteiger partial charge on any atom is -0.425 e. The third-order valence-corrected chi connectivity index (χ3v) is 5.46. The second-order valence-electron chi connectivity index (χ2n) is 8.02. The zero-order chi connectivity index (χ0) is 21.0. The number of rotatable bonds is 4. The van der Waals surface area contributed by atoms with Crippen molar-refractivity contribution in [2.45, 2.75) is 20.8 Å². The molecule has 0 bridgehead atoms. The van der Waals surface area contributed by atoms with Crippen molar-refractivity contribution in [1.29, 1.82) is 0 Å². The Hall–Kier alpha value is -2.13. The Bertz CT molecular complexity index is 885. The maximum Gasteiger partial charge on any atom is 0.316 e. The van der Waals surface area contributed by atoms with E-state index in [-0.39, 0.29) is 11.9 Å². The number of anilines is 2. The van der Waals surface area contributed by atoms with Gasteiger partial charge in [0.1, 0.15) is 5.75 Å². The number of carbonyl (C=O) groups is 2. The number of hydrogen-bond acceptors (Lipinski definition) is 5. The zero-order valence-corrected chi connectivity index (χ0v) is 19.1. The standard InChI is InChI=1S/C22H26IN3O3/c1-22(2,3)21(28)29-19-9-6-16(14-18(19)23)25-20(27)15-4-7-17(8-5-15)26-12-10-24-11-13-26/h4-9,14,24H,10-13H2,1-3H3,(H,25,27). The molecule has 1 saturated heterocycles. The Kier molecular flexibility index (Phi) is 6.79. The smallest absolute Gasteiger partial charge is 0.316 e. The van der Waals surface area contributed by atoms with Gasteiger partial charge in [0.15, 0.2) is 0 Å². The molecule has 1 fully saturated rings. The molecule has 1 amide bonds. The van der Waals surface area contributed by atoms with E-state index in [1.54, 1.807) is 18.2 Å². The van der Waals surface area contributed by atoms with Crippen molar-refractivity contribution in [1.82, 2.24) is 5.32 Å². The number of hydrogen-bond donors (Lipinski definition) is 2. The van der Waals surface area contributed by atoms with E-state index in [2.05, 4.69) is 38.1 Å². The molecule has 1 aliphatic heterocycles. The molecule has 2 aromatic carbocycles. The summed E-state index contributed by atoms with van der Waals surface area (Å²) in [6, 6.07) is 12.9. The minimum atomic E-state index is -0.577. The lowest BCUT2D eigenvalue weighted by molar-refractivity contribution is -0.143. The number of amides is 1. The maximum atomic E-state index is 12.6. The molecule has 0 atom stereocenters. The van der Waals surface area contributed by atoms with Crippen LogP contribution < -0.4 is 20.3 Å². The van der Waals surface area contributed by atoms with Gasteiger partial charge < -0.3 is 20.3 Å². The SMILES string of the molecule is CC(C)(C)C(=O)Oc1ccc(NC(=O)c2ccc(N3CCNCC3)cc2)cc1I.